The van der Waals surface area contributed by atoms with Gasteiger partial charge in [0.15, 0.2) is 28.4 Å². The number of anilines is 4. The van der Waals surface area contributed by atoms with E-state index in [-0.39, 0.29) is 47.6 Å². The number of hydrogen-bond acceptors (Lipinski definition) is 7. The first-order valence-electron chi connectivity index (χ1n) is 13.9. The Bertz CT molecular complexity index is 1640. The van der Waals surface area contributed by atoms with E-state index in [1.807, 2.05) is 4.90 Å². The van der Waals surface area contributed by atoms with Crippen molar-refractivity contribution in [3.63, 3.8) is 0 Å². The lowest BCUT2D eigenvalue weighted by atomic mass is 10.1. The van der Waals surface area contributed by atoms with Crippen molar-refractivity contribution in [1.29, 1.82) is 0 Å². The molecular formula is C29H26ClF5N6O3S. The minimum Gasteiger partial charge on any atom is -0.367 e. The molecule has 0 unspecified atom stereocenters. The Morgan fingerprint density at radius 2 is 1.33 bits per heavy atom. The summed E-state index contributed by atoms with van der Waals surface area (Å²) in [5.74, 6) is -10.6. The number of hydrogen-bond donors (Lipinski definition) is 2. The molecule has 2 aliphatic heterocycles. The monoisotopic (exact) mass is 668 g/mol. The fraction of sp³-hybridized carbons (Fsp3) is 0.310. The standard InChI is InChI=1S/C29H26ClF5N6O3S/c30-18-15-17(5-7-19(18)39-10-12-40(13-11-39)27-25(34)23(32)22(31)24(33)26(27)35)36-29(45)37-28(42)16-4-6-20(21(14-16)41(43)44)38-8-2-1-3-9-38/h4-7,14-15H,1-3,8-13H2,(H2,36,37,42,45). The van der Waals surface area contributed by atoms with Gasteiger partial charge in [0, 0.05) is 56.6 Å². The second-order valence-electron chi connectivity index (χ2n) is 10.5. The molecule has 238 valence electrons. The first-order valence-corrected chi connectivity index (χ1v) is 14.7. The molecule has 9 nitrogen and oxygen atoms in total. The third-order valence-corrected chi connectivity index (χ3v) is 8.19. The van der Waals surface area contributed by atoms with E-state index in [2.05, 4.69) is 10.6 Å². The van der Waals surface area contributed by atoms with Crippen LogP contribution in [0, 0.1) is 39.2 Å². The summed E-state index contributed by atoms with van der Waals surface area (Å²) in [5.41, 5.74) is 0.352. The molecule has 0 aromatic heterocycles. The molecule has 0 atom stereocenters. The molecule has 0 saturated carbocycles. The van der Waals surface area contributed by atoms with Gasteiger partial charge in [-0.3, -0.25) is 20.2 Å². The van der Waals surface area contributed by atoms with E-state index in [9.17, 15) is 36.9 Å². The number of nitro benzene ring substituents is 1. The summed E-state index contributed by atoms with van der Waals surface area (Å²) in [7, 11) is 0. The summed E-state index contributed by atoms with van der Waals surface area (Å²) in [5, 5.41) is 17.3. The van der Waals surface area contributed by atoms with Crippen LogP contribution in [0.5, 0.6) is 0 Å². The van der Waals surface area contributed by atoms with E-state index < -0.39 is 45.6 Å². The van der Waals surface area contributed by atoms with E-state index in [0.717, 1.165) is 24.2 Å². The van der Waals surface area contributed by atoms with Gasteiger partial charge in [-0.05, 0) is 61.8 Å². The summed E-state index contributed by atoms with van der Waals surface area (Å²) in [6, 6.07) is 9.09. The quantitative estimate of drug-likeness (QED) is 0.0780. The Labute approximate surface area is 264 Å². The fourth-order valence-corrected chi connectivity index (χ4v) is 5.94. The van der Waals surface area contributed by atoms with Crippen LogP contribution in [0.15, 0.2) is 36.4 Å². The molecule has 3 aromatic rings. The summed E-state index contributed by atoms with van der Waals surface area (Å²) >= 11 is 11.7. The van der Waals surface area contributed by atoms with Crippen LogP contribution in [0.4, 0.5) is 50.4 Å². The van der Waals surface area contributed by atoms with Crippen molar-refractivity contribution >= 4 is 63.3 Å². The molecular weight excluding hydrogens is 643 g/mol. The topological polar surface area (TPSA) is 94.0 Å². The zero-order chi connectivity index (χ0) is 32.4. The van der Waals surface area contributed by atoms with Gasteiger partial charge < -0.3 is 20.0 Å². The van der Waals surface area contributed by atoms with Gasteiger partial charge in [-0.15, -0.1) is 0 Å². The summed E-state index contributed by atoms with van der Waals surface area (Å²) < 4.78 is 69.3. The number of halogens is 6. The van der Waals surface area contributed by atoms with Crippen molar-refractivity contribution in [1.82, 2.24) is 5.32 Å². The number of piperidine rings is 1. The molecule has 1 amide bonds. The normalized spacial score (nSPS) is 15.2. The molecule has 2 fully saturated rings. The number of amides is 1. The zero-order valence-corrected chi connectivity index (χ0v) is 25.1. The number of nitro groups is 1. The Morgan fingerprint density at radius 3 is 1.93 bits per heavy atom. The Kier molecular flexibility index (Phi) is 9.58. The second-order valence-corrected chi connectivity index (χ2v) is 11.3. The molecule has 3 aromatic carbocycles. The number of rotatable bonds is 6. The highest BCUT2D eigenvalue weighted by Gasteiger charge is 2.31. The number of nitrogens with one attached hydrogen (secondary N) is 2. The molecule has 0 aliphatic carbocycles. The number of thiocarbonyl (C=S) groups is 1. The highest BCUT2D eigenvalue weighted by molar-refractivity contribution is 7.80. The van der Waals surface area contributed by atoms with Crippen molar-refractivity contribution in [2.75, 3.05) is 59.3 Å². The van der Waals surface area contributed by atoms with Crippen LogP contribution in [-0.4, -0.2) is 55.2 Å². The van der Waals surface area contributed by atoms with Crippen LogP contribution in [0.2, 0.25) is 5.02 Å². The van der Waals surface area contributed by atoms with Gasteiger partial charge >= 0.3 is 0 Å². The predicted octanol–water partition coefficient (Wildman–Crippen LogP) is 6.39. The first kappa shape index (κ1) is 32.2. The zero-order valence-electron chi connectivity index (χ0n) is 23.5. The second kappa shape index (κ2) is 13.4. The van der Waals surface area contributed by atoms with Gasteiger partial charge in [0.25, 0.3) is 11.6 Å². The van der Waals surface area contributed by atoms with E-state index in [0.29, 0.717) is 30.2 Å². The average molecular weight is 669 g/mol. The SMILES string of the molecule is O=C(NC(=S)Nc1ccc(N2CCN(c3c(F)c(F)c(F)c(F)c3F)CC2)c(Cl)c1)c1ccc(N2CCCCC2)c([N+](=O)[O-])c1. The first-order chi connectivity index (χ1) is 21.5. The maximum atomic E-state index is 14.3. The molecule has 0 spiro atoms. The maximum Gasteiger partial charge on any atom is 0.293 e. The van der Waals surface area contributed by atoms with Crippen LogP contribution < -0.4 is 25.3 Å². The molecule has 0 bridgehead atoms. The molecule has 16 heteroatoms. The number of benzene rings is 3. The lowest BCUT2D eigenvalue weighted by Crippen LogP contribution is -2.47. The number of nitrogens with zero attached hydrogens (tertiary/aromatic N) is 4. The van der Waals surface area contributed by atoms with Crippen molar-refractivity contribution in [2.24, 2.45) is 0 Å². The van der Waals surface area contributed by atoms with Crippen LogP contribution >= 0.6 is 23.8 Å². The van der Waals surface area contributed by atoms with Crippen LogP contribution in [-0.2, 0) is 0 Å². The van der Waals surface area contributed by atoms with E-state index in [1.165, 1.54) is 18.2 Å². The minimum absolute atomic E-state index is 0.0397. The van der Waals surface area contributed by atoms with Crippen molar-refractivity contribution in [3.05, 3.63) is 86.2 Å². The molecule has 0 radical (unpaired) electrons. The highest BCUT2D eigenvalue weighted by atomic mass is 35.5. The Hall–Kier alpha value is -4.24. The van der Waals surface area contributed by atoms with E-state index in [4.69, 9.17) is 23.8 Å². The van der Waals surface area contributed by atoms with Crippen molar-refractivity contribution in [3.8, 4) is 0 Å². The third kappa shape index (κ3) is 6.73. The van der Waals surface area contributed by atoms with Gasteiger partial charge in [0.2, 0.25) is 5.82 Å². The largest absolute Gasteiger partial charge is 0.367 e. The van der Waals surface area contributed by atoms with Gasteiger partial charge in [0.1, 0.15) is 11.4 Å². The van der Waals surface area contributed by atoms with Crippen LogP contribution in [0.1, 0.15) is 29.6 Å². The number of carbonyl (C=O) groups is 1. The predicted molar refractivity (Wildman–Crippen MR) is 165 cm³/mol. The van der Waals surface area contributed by atoms with Crippen molar-refractivity contribution < 1.29 is 31.7 Å². The smallest absolute Gasteiger partial charge is 0.293 e. The van der Waals surface area contributed by atoms with E-state index in [1.54, 1.807) is 23.1 Å². The van der Waals surface area contributed by atoms with Gasteiger partial charge in [-0.2, -0.15) is 0 Å². The lowest BCUT2D eigenvalue weighted by molar-refractivity contribution is -0.384. The average Bonchev–Trinajstić information content (AvgIpc) is 3.03. The van der Waals surface area contributed by atoms with Crippen LogP contribution in [0.3, 0.4) is 0 Å². The fourth-order valence-electron chi connectivity index (χ4n) is 5.43. The third-order valence-electron chi connectivity index (χ3n) is 7.69. The Morgan fingerprint density at radius 1 is 0.778 bits per heavy atom. The van der Waals surface area contributed by atoms with Crippen LogP contribution in [0.25, 0.3) is 0 Å². The number of piperazine rings is 1. The van der Waals surface area contributed by atoms with E-state index >= 15 is 0 Å². The molecule has 2 N–H and O–H groups in total. The number of carbonyl (C=O) groups excluding carboxylic acids is 1. The molecule has 2 aliphatic rings. The molecule has 45 heavy (non-hydrogen) atoms. The van der Waals surface area contributed by atoms with Crippen molar-refractivity contribution in [2.45, 2.75) is 19.3 Å². The van der Waals surface area contributed by atoms with Gasteiger partial charge in [-0.25, -0.2) is 22.0 Å². The molecule has 5 rings (SSSR count). The Balaban J connectivity index is 1.20. The lowest BCUT2D eigenvalue weighted by Gasteiger charge is -2.38. The molecule has 2 heterocycles. The molecule has 2 saturated heterocycles. The summed E-state index contributed by atoms with van der Waals surface area (Å²) in [4.78, 5) is 28.9. The minimum atomic E-state index is -2.21. The van der Waals surface area contributed by atoms with Gasteiger partial charge in [0.05, 0.1) is 15.6 Å². The summed E-state index contributed by atoms with van der Waals surface area (Å²) in [6.45, 7) is 1.67. The highest BCUT2D eigenvalue weighted by Crippen LogP contribution is 2.34. The summed E-state index contributed by atoms with van der Waals surface area (Å²) in [6.07, 6.45) is 2.94. The van der Waals surface area contributed by atoms with Gasteiger partial charge in [-0.1, -0.05) is 11.6 Å². The maximum absolute atomic E-state index is 14.3.